The van der Waals surface area contributed by atoms with Crippen molar-refractivity contribution in [1.82, 2.24) is 5.32 Å². The molecule has 1 fully saturated rings. The molecule has 86 valence electrons. The first-order chi connectivity index (χ1) is 7.66. The van der Waals surface area contributed by atoms with Gasteiger partial charge in [0.05, 0.1) is 6.54 Å². The minimum Gasteiger partial charge on any atom is -0.369 e. The molecule has 0 atom stereocenters. The molecule has 0 spiro atoms. The average Bonchev–Trinajstić information content (AvgIpc) is 2.17. The van der Waals surface area contributed by atoms with Crippen molar-refractivity contribution in [2.75, 3.05) is 6.54 Å². The van der Waals surface area contributed by atoms with Crippen molar-refractivity contribution in [2.45, 2.75) is 24.8 Å². The number of carbonyl (C=O) groups is 1. The Bertz CT molecular complexity index is 388. The predicted molar refractivity (Wildman–Crippen MR) is 64.4 cm³/mol. The minimum atomic E-state index is -0.304. The fourth-order valence-electron chi connectivity index (χ4n) is 2.09. The van der Waals surface area contributed by atoms with E-state index in [1.54, 1.807) is 0 Å². The van der Waals surface area contributed by atoms with Crippen molar-refractivity contribution in [3.05, 3.63) is 34.9 Å². The fourth-order valence-corrected chi connectivity index (χ4v) is 2.38. The summed E-state index contributed by atoms with van der Waals surface area (Å²) >= 11 is 6.11. The van der Waals surface area contributed by atoms with Crippen molar-refractivity contribution in [3.63, 3.8) is 0 Å². The Kier molecular flexibility index (Phi) is 3.46. The highest BCUT2D eigenvalue weighted by atomic mass is 35.5. The molecule has 0 bridgehead atoms. The molecule has 1 aromatic rings. The number of primary amides is 1. The minimum absolute atomic E-state index is 0.264. The molecule has 16 heavy (non-hydrogen) atoms. The van der Waals surface area contributed by atoms with E-state index < -0.39 is 0 Å². The number of hydrogen-bond acceptors (Lipinski definition) is 2. The first-order valence-corrected chi connectivity index (χ1v) is 5.80. The molecule has 4 heteroatoms. The molecule has 2 rings (SSSR count). The molecule has 3 N–H and O–H groups in total. The van der Waals surface area contributed by atoms with E-state index in [0.29, 0.717) is 12.0 Å². The second-order valence-electron chi connectivity index (χ2n) is 4.23. The van der Waals surface area contributed by atoms with Gasteiger partial charge in [-0.1, -0.05) is 29.8 Å². The van der Waals surface area contributed by atoms with E-state index in [1.807, 2.05) is 18.2 Å². The van der Waals surface area contributed by atoms with Crippen LogP contribution in [0.1, 0.15) is 24.3 Å². The SMILES string of the molecule is NC(=O)CNC1CC(c2ccccc2Cl)C1. The summed E-state index contributed by atoms with van der Waals surface area (Å²) < 4.78 is 0. The molecule has 1 saturated carbocycles. The maximum Gasteiger partial charge on any atom is 0.231 e. The predicted octanol–water partition coefficient (Wildman–Crippen LogP) is 1.66. The molecule has 3 nitrogen and oxygen atoms in total. The first kappa shape index (κ1) is 11.4. The number of carbonyl (C=O) groups excluding carboxylic acids is 1. The van der Waals surface area contributed by atoms with Crippen LogP contribution >= 0.6 is 11.6 Å². The highest BCUT2D eigenvalue weighted by Crippen LogP contribution is 2.39. The Labute approximate surface area is 100.0 Å². The van der Waals surface area contributed by atoms with Crippen molar-refractivity contribution in [1.29, 1.82) is 0 Å². The summed E-state index contributed by atoms with van der Waals surface area (Å²) in [7, 11) is 0. The van der Waals surface area contributed by atoms with Gasteiger partial charge in [0.1, 0.15) is 0 Å². The van der Waals surface area contributed by atoms with Gasteiger partial charge in [-0.2, -0.15) is 0 Å². The zero-order valence-corrected chi connectivity index (χ0v) is 9.70. The van der Waals surface area contributed by atoms with Crippen LogP contribution in [0.25, 0.3) is 0 Å². The van der Waals surface area contributed by atoms with Gasteiger partial charge in [0.15, 0.2) is 0 Å². The average molecular weight is 239 g/mol. The lowest BCUT2D eigenvalue weighted by Crippen LogP contribution is -2.43. The van der Waals surface area contributed by atoms with E-state index in [4.69, 9.17) is 17.3 Å². The topological polar surface area (TPSA) is 55.1 Å². The van der Waals surface area contributed by atoms with Crippen LogP contribution < -0.4 is 11.1 Å². The van der Waals surface area contributed by atoms with Crippen molar-refractivity contribution < 1.29 is 4.79 Å². The first-order valence-electron chi connectivity index (χ1n) is 5.43. The number of halogens is 1. The van der Waals surface area contributed by atoms with Crippen LogP contribution in [0.5, 0.6) is 0 Å². The molecule has 0 unspecified atom stereocenters. The third-order valence-corrected chi connectivity index (χ3v) is 3.39. The highest BCUT2D eigenvalue weighted by molar-refractivity contribution is 6.31. The summed E-state index contributed by atoms with van der Waals surface area (Å²) in [6, 6.07) is 8.32. The monoisotopic (exact) mass is 238 g/mol. The molecule has 1 aliphatic carbocycles. The molecule has 0 radical (unpaired) electrons. The molecule has 0 saturated heterocycles. The van der Waals surface area contributed by atoms with Crippen LogP contribution in [0.2, 0.25) is 5.02 Å². The molecule has 0 aliphatic heterocycles. The van der Waals surface area contributed by atoms with Gasteiger partial charge in [-0.05, 0) is 30.4 Å². The number of hydrogen-bond donors (Lipinski definition) is 2. The van der Waals surface area contributed by atoms with E-state index in [-0.39, 0.29) is 12.5 Å². The molecule has 0 heterocycles. The maximum absolute atomic E-state index is 10.6. The van der Waals surface area contributed by atoms with E-state index in [1.165, 1.54) is 5.56 Å². The fraction of sp³-hybridized carbons (Fsp3) is 0.417. The van der Waals surface area contributed by atoms with Crippen molar-refractivity contribution >= 4 is 17.5 Å². The van der Waals surface area contributed by atoms with E-state index in [2.05, 4.69) is 11.4 Å². The summed E-state index contributed by atoms with van der Waals surface area (Å²) in [4.78, 5) is 10.6. The zero-order chi connectivity index (χ0) is 11.5. The van der Waals surface area contributed by atoms with E-state index in [0.717, 1.165) is 17.9 Å². The number of rotatable bonds is 4. The van der Waals surface area contributed by atoms with Gasteiger partial charge >= 0.3 is 0 Å². The second kappa shape index (κ2) is 4.85. The Balaban J connectivity index is 1.84. The molecule has 1 amide bonds. The standard InChI is InChI=1S/C12H15ClN2O/c13-11-4-2-1-3-10(11)8-5-9(6-8)15-7-12(14)16/h1-4,8-9,15H,5-7H2,(H2,14,16). The number of nitrogens with two attached hydrogens (primary N) is 1. The van der Waals surface area contributed by atoms with E-state index >= 15 is 0 Å². The molecule has 1 aliphatic rings. The van der Waals surface area contributed by atoms with Crippen LogP contribution in [0, 0.1) is 0 Å². The van der Waals surface area contributed by atoms with Gasteiger partial charge in [-0.25, -0.2) is 0 Å². The quantitative estimate of drug-likeness (QED) is 0.838. The largest absolute Gasteiger partial charge is 0.369 e. The summed E-state index contributed by atoms with van der Waals surface area (Å²) in [5.74, 6) is 0.209. The summed E-state index contributed by atoms with van der Waals surface area (Å²) in [6.07, 6.45) is 2.05. The lowest BCUT2D eigenvalue weighted by molar-refractivity contribution is -0.117. The van der Waals surface area contributed by atoms with Crippen LogP contribution in [0.15, 0.2) is 24.3 Å². The van der Waals surface area contributed by atoms with Crippen LogP contribution in [0.4, 0.5) is 0 Å². The lowest BCUT2D eigenvalue weighted by atomic mass is 9.76. The number of benzene rings is 1. The van der Waals surface area contributed by atoms with E-state index in [9.17, 15) is 4.79 Å². The van der Waals surface area contributed by atoms with Crippen molar-refractivity contribution in [2.24, 2.45) is 5.73 Å². The Morgan fingerprint density at radius 3 is 2.75 bits per heavy atom. The summed E-state index contributed by atoms with van der Waals surface area (Å²) in [6.45, 7) is 0.264. The number of amides is 1. The highest BCUT2D eigenvalue weighted by Gasteiger charge is 2.31. The van der Waals surface area contributed by atoms with Crippen LogP contribution in [-0.2, 0) is 4.79 Å². The van der Waals surface area contributed by atoms with Crippen LogP contribution in [-0.4, -0.2) is 18.5 Å². The molecular weight excluding hydrogens is 224 g/mol. The van der Waals surface area contributed by atoms with Gasteiger partial charge in [0, 0.05) is 11.1 Å². The Hall–Kier alpha value is -1.06. The molecule has 0 aromatic heterocycles. The Morgan fingerprint density at radius 2 is 2.12 bits per heavy atom. The zero-order valence-electron chi connectivity index (χ0n) is 8.95. The second-order valence-corrected chi connectivity index (χ2v) is 4.64. The van der Waals surface area contributed by atoms with Gasteiger partial charge < -0.3 is 11.1 Å². The summed E-state index contributed by atoms with van der Waals surface area (Å²) in [5, 5.41) is 3.95. The maximum atomic E-state index is 10.6. The Morgan fingerprint density at radius 1 is 1.44 bits per heavy atom. The van der Waals surface area contributed by atoms with Gasteiger partial charge in [0.25, 0.3) is 0 Å². The summed E-state index contributed by atoms with van der Waals surface area (Å²) in [5.41, 5.74) is 6.28. The lowest BCUT2D eigenvalue weighted by Gasteiger charge is -2.36. The third kappa shape index (κ3) is 2.54. The van der Waals surface area contributed by atoms with Crippen molar-refractivity contribution in [3.8, 4) is 0 Å². The van der Waals surface area contributed by atoms with Crippen LogP contribution in [0.3, 0.4) is 0 Å². The number of nitrogens with one attached hydrogen (secondary N) is 1. The molecule has 1 aromatic carbocycles. The third-order valence-electron chi connectivity index (χ3n) is 3.05. The van der Waals surface area contributed by atoms with Gasteiger partial charge in [0.2, 0.25) is 5.91 Å². The van der Waals surface area contributed by atoms with Gasteiger partial charge in [-0.3, -0.25) is 4.79 Å². The van der Waals surface area contributed by atoms with Gasteiger partial charge in [-0.15, -0.1) is 0 Å². The smallest absolute Gasteiger partial charge is 0.231 e. The normalized spacial score (nSPS) is 23.8. The molecular formula is C12H15ClN2O.